The number of hydrogen-bond donors (Lipinski definition) is 2. The Morgan fingerprint density at radius 3 is 2.59 bits per heavy atom. The second kappa shape index (κ2) is 8.74. The number of nitrogens with zero attached hydrogens (tertiary/aromatic N) is 4. The van der Waals surface area contributed by atoms with Crippen molar-refractivity contribution in [1.29, 1.82) is 0 Å². The highest BCUT2D eigenvalue weighted by atomic mass is 32.1. The average Bonchev–Trinajstić information content (AvgIpc) is 3.09. The highest BCUT2D eigenvalue weighted by Gasteiger charge is 2.13. The Kier molecular flexibility index (Phi) is 6.13. The first-order chi connectivity index (χ1) is 13.9. The largest absolute Gasteiger partial charge is 0.507 e. The van der Waals surface area contributed by atoms with Crippen LogP contribution in [0.1, 0.15) is 22.8 Å². The molecule has 3 N–H and O–H groups in total. The van der Waals surface area contributed by atoms with E-state index in [1.54, 1.807) is 23.0 Å². The lowest BCUT2D eigenvalue weighted by Gasteiger charge is -2.11. The molecule has 0 unspecified atom stereocenters. The van der Waals surface area contributed by atoms with Crippen LogP contribution >= 0.6 is 11.3 Å². The monoisotopic (exact) mass is 409 g/mol. The second-order valence-corrected chi connectivity index (χ2v) is 7.35. The molecule has 3 rings (SSSR count). The maximum Gasteiger partial charge on any atom is 0.252 e. The van der Waals surface area contributed by atoms with Gasteiger partial charge in [0.05, 0.1) is 17.5 Å². The standard InChI is InChI=1S/C21H23N5O2S/c1-4-23-21-26(24-12-14-5-8-16(9-6-14)25(2)3)18(13-29-21)15-7-10-19(27)17(11-15)20(22)28/h5-13,27H,4H2,1-3H3,(H2,22,28)/b23-21?,24-12+. The molecule has 0 radical (unpaired) electrons. The van der Waals surface area contributed by atoms with Crippen LogP contribution in [0.25, 0.3) is 11.3 Å². The Morgan fingerprint density at radius 2 is 1.97 bits per heavy atom. The van der Waals surface area contributed by atoms with E-state index in [9.17, 15) is 9.90 Å². The molecule has 29 heavy (non-hydrogen) atoms. The van der Waals surface area contributed by atoms with Crippen molar-refractivity contribution >= 4 is 29.1 Å². The summed E-state index contributed by atoms with van der Waals surface area (Å²) in [6.07, 6.45) is 1.76. The third-order valence-corrected chi connectivity index (χ3v) is 5.12. The SMILES string of the molecule is CCN=c1scc(-c2ccc(O)c(C(N)=O)c2)n1/N=C/c1ccc(N(C)C)cc1. The molecule has 1 aromatic heterocycles. The number of anilines is 1. The lowest BCUT2D eigenvalue weighted by atomic mass is 10.1. The molecule has 2 aromatic carbocycles. The molecule has 0 spiro atoms. The fourth-order valence-corrected chi connectivity index (χ4v) is 3.63. The van der Waals surface area contributed by atoms with Gasteiger partial charge in [-0.15, -0.1) is 11.3 Å². The minimum Gasteiger partial charge on any atom is -0.507 e. The molecular weight excluding hydrogens is 386 g/mol. The van der Waals surface area contributed by atoms with Crippen LogP contribution in [0.3, 0.4) is 0 Å². The van der Waals surface area contributed by atoms with Gasteiger partial charge in [0.2, 0.25) is 4.80 Å². The first kappa shape index (κ1) is 20.3. The van der Waals surface area contributed by atoms with Crippen molar-refractivity contribution in [2.45, 2.75) is 6.92 Å². The highest BCUT2D eigenvalue weighted by molar-refractivity contribution is 7.07. The molecule has 7 nitrogen and oxygen atoms in total. The fraction of sp³-hybridized carbons (Fsp3) is 0.190. The van der Waals surface area contributed by atoms with E-state index >= 15 is 0 Å². The summed E-state index contributed by atoms with van der Waals surface area (Å²) in [6.45, 7) is 2.58. The van der Waals surface area contributed by atoms with Crippen molar-refractivity contribution in [2.75, 3.05) is 25.5 Å². The number of aromatic hydroxyl groups is 1. The molecule has 0 aliphatic carbocycles. The van der Waals surface area contributed by atoms with E-state index in [4.69, 9.17) is 5.73 Å². The fourth-order valence-electron chi connectivity index (χ4n) is 2.73. The lowest BCUT2D eigenvalue weighted by molar-refractivity contribution is 0.0998. The molecule has 0 saturated heterocycles. The molecule has 0 aliphatic heterocycles. The normalized spacial score (nSPS) is 11.9. The second-order valence-electron chi connectivity index (χ2n) is 6.52. The van der Waals surface area contributed by atoms with Crippen LogP contribution in [0.2, 0.25) is 0 Å². The molecule has 1 amide bonds. The summed E-state index contributed by atoms with van der Waals surface area (Å²) in [4.78, 5) is 18.9. The zero-order valence-corrected chi connectivity index (χ0v) is 17.3. The summed E-state index contributed by atoms with van der Waals surface area (Å²) in [5, 5.41) is 16.4. The molecule has 3 aromatic rings. The number of amides is 1. The molecule has 1 heterocycles. The van der Waals surface area contributed by atoms with Gasteiger partial charge in [-0.1, -0.05) is 12.1 Å². The number of carbonyl (C=O) groups excluding carboxylic acids is 1. The van der Waals surface area contributed by atoms with Crippen molar-refractivity contribution in [3.05, 3.63) is 63.8 Å². The van der Waals surface area contributed by atoms with Crippen LogP contribution in [-0.4, -0.2) is 42.5 Å². The summed E-state index contributed by atoms with van der Waals surface area (Å²) < 4.78 is 1.73. The predicted octanol–water partition coefficient (Wildman–Crippen LogP) is 2.89. The first-order valence-electron chi connectivity index (χ1n) is 9.06. The minimum atomic E-state index is -0.686. The number of primary amides is 1. The zero-order valence-electron chi connectivity index (χ0n) is 16.5. The van der Waals surface area contributed by atoms with E-state index in [1.165, 1.54) is 17.4 Å². The van der Waals surface area contributed by atoms with Gasteiger partial charge in [-0.25, -0.2) is 4.68 Å². The van der Waals surface area contributed by atoms with Crippen LogP contribution < -0.4 is 15.4 Å². The Balaban J connectivity index is 2.05. The molecule has 0 atom stereocenters. The Bertz CT molecular complexity index is 1110. The molecule has 8 heteroatoms. The number of carbonyl (C=O) groups is 1. The van der Waals surface area contributed by atoms with E-state index in [2.05, 4.69) is 10.1 Å². The van der Waals surface area contributed by atoms with Gasteiger partial charge in [0.15, 0.2) is 0 Å². The molecule has 150 valence electrons. The van der Waals surface area contributed by atoms with Crippen LogP contribution in [-0.2, 0) is 0 Å². The summed E-state index contributed by atoms with van der Waals surface area (Å²) in [7, 11) is 3.99. The van der Waals surface area contributed by atoms with E-state index in [0.717, 1.165) is 21.7 Å². The molecule has 0 saturated carbocycles. The number of thiazole rings is 1. The highest BCUT2D eigenvalue weighted by Crippen LogP contribution is 2.26. The number of aromatic nitrogens is 1. The maximum absolute atomic E-state index is 11.6. The number of hydrogen-bond acceptors (Lipinski definition) is 6. The van der Waals surface area contributed by atoms with E-state index in [1.807, 2.05) is 55.6 Å². The third-order valence-electron chi connectivity index (χ3n) is 4.27. The van der Waals surface area contributed by atoms with Gasteiger partial charge in [0.25, 0.3) is 5.91 Å². The van der Waals surface area contributed by atoms with Crippen molar-refractivity contribution in [1.82, 2.24) is 4.68 Å². The van der Waals surface area contributed by atoms with Gasteiger partial charge in [0, 0.05) is 37.3 Å². The topological polar surface area (TPSA) is 96.2 Å². The summed E-state index contributed by atoms with van der Waals surface area (Å²) in [6, 6.07) is 12.8. The summed E-state index contributed by atoms with van der Waals surface area (Å²) >= 11 is 1.45. The Hall–Kier alpha value is -3.39. The van der Waals surface area contributed by atoms with Gasteiger partial charge in [-0.2, -0.15) is 5.10 Å². The van der Waals surface area contributed by atoms with E-state index in [0.29, 0.717) is 12.1 Å². The van der Waals surface area contributed by atoms with E-state index in [-0.39, 0.29) is 11.3 Å². The lowest BCUT2D eigenvalue weighted by Crippen LogP contribution is -2.13. The van der Waals surface area contributed by atoms with Gasteiger partial charge in [-0.3, -0.25) is 9.79 Å². The van der Waals surface area contributed by atoms with Crippen molar-refractivity contribution in [2.24, 2.45) is 15.8 Å². The molecule has 0 aliphatic rings. The minimum absolute atomic E-state index is 0.0671. The van der Waals surface area contributed by atoms with Crippen LogP contribution in [0, 0.1) is 0 Å². The summed E-state index contributed by atoms with van der Waals surface area (Å²) in [5.41, 5.74) is 8.96. The number of nitrogens with two attached hydrogens (primary N) is 1. The Labute approximate surface area is 173 Å². The van der Waals surface area contributed by atoms with Crippen LogP contribution in [0.5, 0.6) is 5.75 Å². The van der Waals surface area contributed by atoms with Crippen molar-refractivity contribution < 1.29 is 9.90 Å². The van der Waals surface area contributed by atoms with Gasteiger partial charge >= 0.3 is 0 Å². The van der Waals surface area contributed by atoms with Crippen LogP contribution in [0.4, 0.5) is 5.69 Å². The third kappa shape index (κ3) is 4.55. The van der Waals surface area contributed by atoms with Gasteiger partial charge < -0.3 is 15.7 Å². The number of benzene rings is 2. The quantitative estimate of drug-likeness (QED) is 0.613. The molecule has 0 fully saturated rings. The maximum atomic E-state index is 11.6. The van der Waals surface area contributed by atoms with Gasteiger partial charge in [-0.05, 0) is 42.8 Å². The van der Waals surface area contributed by atoms with Crippen molar-refractivity contribution in [3.63, 3.8) is 0 Å². The number of rotatable bonds is 6. The molecular formula is C21H23N5O2S. The van der Waals surface area contributed by atoms with Crippen LogP contribution in [0.15, 0.2) is 57.9 Å². The Morgan fingerprint density at radius 1 is 1.24 bits per heavy atom. The van der Waals surface area contributed by atoms with Gasteiger partial charge in [0.1, 0.15) is 5.75 Å². The molecule has 0 bridgehead atoms. The van der Waals surface area contributed by atoms with E-state index < -0.39 is 5.91 Å². The number of phenols is 1. The first-order valence-corrected chi connectivity index (χ1v) is 9.94. The predicted molar refractivity (Wildman–Crippen MR) is 118 cm³/mol. The smallest absolute Gasteiger partial charge is 0.252 e. The zero-order chi connectivity index (χ0) is 21.0. The van der Waals surface area contributed by atoms with Crippen molar-refractivity contribution in [3.8, 4) is 17.0 Å². The average molecular weight is 410 g/mol. The summed E-state index contributed by atoms with van der Waals surface area (Å²) in [5.74, 6) is -0.833.